The molecule has 1 unspecified atom stereocenters. The Balaban J connectivity index is 2.31. The van der Waals surface area contributed by atoms with Crippen LogP contribution >= 0.6 is 0 Å². The van der Waals surface area contributed by atoms with Gasteiger partial charge in [-0.3, -0.25) is 0 Å². The summed E-state index contributed by atoms with van der Waals surface area (Å²) in [6, 6.07) is 5.25. The molecule has 20 heavy (non-hydrogen) atoms. The maximum Gasteiger partial charge on any atom is 0.130 e. The number of nitrogens with one attached hydrogen (secondary N) is 1. The highest BCUT2D eigenvalue weighted by molar-refractivity contribution is 5.56. The SMILES string of the molecule is C#CCN(CC1CC1)c1cccc(F)c1C(C)NCC. The molecule has 1 aromatic rings. The van der Waals surface area contributed by atoms with E-state index in [-0.39, 0.29) is 11.9 Å². The van der Waals surface area contributed by atoms with Crippen LogP contribution in [0.15, 0.2) is 18.2 Å². The molecule has 2 rings (SSSR count). The Morgan fingerprint density at radius 3 is 2.85 bits per heavy atom. The molecule has 1 aliphatic carbocycles. The van der Waals surface area contributed by atoms with E-state index in [2.05, 4.69) is 16.1 Å². The van der Waals surface area contributed by atoms with Gasteiger partial charge in [0.2, 0.25) is 0 Å². The van der Waals surface area contributed by atoms with E-state index in [1.165, 1.54) is 18.9 Å². The summed E-state index contributed by atoms with van der Waals surface area (Å²) in [5.41, 5.74) is 1.66. The Labute approximate surface area is 121 Å². The van der Waals surface area contributed by atoms with E-state index in [9.17, 15) is 4.39 Å². The van der Waals surface area contributed by atoms with Gasteiger partial charge in [-0.15, -0.1) is 6.42 Å². The highest BCUT2D eigenvalue weighted by Crippen LogP contribution is 2.34. The standard InChI is InChI=1S/C17H23FN2/c1-4-11-20(12-14-9-10-14)16-8-6-7-15(18)17(16)13(3)19-5-2/h1,6-8,13-14,19H,5,9-12H2,2-3H3. The first-order valence-electron chi connectivity index (χ1n) is 7.37. The first-order valence-corrected chi connectivity index (χ1v) is 7.37. The molecule has 0 heterocycles. The van der Waals surface area contributed by atoms with Crippen LogP contribution in [0.3, 0.4) is 0 Å². The Hall–Kier alpha value is -1.53. The zero-order chi connectivity index (χ0) is 14.5. The average molecular weight is 274 g/mol. The zero-order valence-electron chi connectivity index (χ0n) is 12.3. The number of rotatable bonds is 7. The summed E-state index contributed by atoms with van der Waals surface area (Å²) in [7, 11) is 0. The van der Waals surface area contributed by atoms with Crippen LogP contribution < -0.4 is 10.2 Å². The van der Waals surface area contributed by atoms with Crippen LogP contribution in [-0.2, 0) is 0 Å². The average Bonchev–Trinajstić information content (AvgIpc) is 3.22. The monoisotopic (exact) mass is 274 g/mol. The number of hydrogen-bond donors (Lipinski definition) is 1. The maximum absolute atomic E-state index is 14.3. The molecular formula is C17H23FN2. The minimum Gasteiger partial charge on any atom is -0.360 e. The van der Waals surface area contributed by atoms with E-state index in [4.69, 9.17) is 6.42 Å². The van der Waals surface area contributed by atoms with Crippen LogP contribution in [0, 0.1) is 24.1 Å². The second kappa shape index (κ2) is 6.76. The topological polar surface area (TPSA) is 15.3 Å². The molecule has 1 saturated carbocycles. The Morgan fingerprint density at radius 2 is 2.25 bits per heavy atom. The molecule has 2 nitrogen and oxygen atoms in total. The summed E-state index contributed by atoms with van der Waals surface area (Å²) in [5.74, 6) is 3.26. The van der Waals surface area contributed by atoms with Crippen molar-refractivity contribution in [2.24, 2.45) is 5.92 Å². The largest absolute Gasteiger partial charge is 0.360 e. The van der Waals surface area contributed by atoms with Crippen molar-refractivity contribution in [2.45, 2.75) is 32.7 Å². The van der Waals surface area contributed by atoms with Crippen molar-refractivity contribution in [3.05, 3.63) is 29.6 Å². The van der Waals surface area contributed by atoms with Gasteiger partial charge in [-0.1, -0.05) is 18.9 Å². The quantitative estimate of drug-likeness (QED) is 0.767. The highest BCUT2D eigenvalue weighted by Gasteiger charge is 2.26. The van der Waals surface area contributed by atoms with Gasteiger partial charge >= 0.3 is 0 Å². The molecule has 0 spiro atoms. The van der Waals surface area contributed by atoms with E-state index in [1.807, 2.05) is 19.9 Å². The van der Waals surface area contributed by atoms with Gasteiger partial charge in [0.05, 0.1) is 6.54 Å². The summed E-state index contributed by atoms with van der Waals surface area (Å²) in [5, 5.41) is 3.29. The molecule has 0 aliphatic heterocycles. The van der Waals surface area contributed by atoms with Gasteiger partial charge in [-0.05, 0) is 44.4 Å². The number of hydrogen-bond acceptors (Lipinski definition) is 2. The summed E-state index contributed by atoms with van der Waals surface area (Å²) in [6.45, 7) is 6.30. The number of anilines is 1. The molecule has 0 amide bonds. The van der Waals surface area contributed by atoms with Gasteiger partial charge in [0.15, 0.2) is 0 Å². The van der Waals surface area contributed by atoms with E-state index in [0.717, 1.165) is 24.3 Å². The van der Waals surface area contributed by atoms with Crippen molar-refractivity contribution in [3.8, 4) is 12.3 Å². The Kier molecular flexibility index (Phi) is 5.03. The third kappa shape index (κ3) is 3.52. The molecule has 1 aliphatic rings. The van der Waals surface area contributed by atoms with Gasteiger partial charge < -0.3 is 10.2 Å². The van der Waals surface area contributed by atoms with Gasteiger partial charge in [0.1, 0.15) is 5.82 Å². The third-order valence-electron chi connectivity index (χ3n) is 3.77. The lowest BCUT2D eigenvalue weighted by molar-refractivity contribution is 0.539. The van der Waals surface area contributed by atoms with Crippen LogP contribution in [0.4, 0.5) is 10.1 Å². The lowest BCUT2D eigenvalue weighted by Gasteiger charge is -2.28. The molecule has 108 valence electrons. The fourth-order valence-electron chi connectivity index (χ4n) is 2.61. The van der Waals surface area contributed by atoms with Crippen LogP contribution in [-0.4, -0.2) is 19.6 Å². The van der Waals surface area contributed by atoms with Gasteiger partial charge in [-0.2, -0.15) is 0 Å². The molecule has 0 bridgehead atoms. The summed E-state index contributed by atoms with van der Waals surface area (Å²) >= 11 is 0. The van der Waals surface area contributed by atoms with Crippen LogP contribution in [0.1, 0.15) is 38.3 Å². The molecule has 0 radical (unpaired) electrons. The minimum atomic E-state index is -0.159. The van der Waals surface area contributed by atoms with Crippen molar-refractivity contribution in [1.82, 2.24) is 5.32 Å². The number of halogens is 1. The van der Waals surface area contributed by atoms with Crippen LogP contribution in [0.25, 0.3) is 0 Å². The van der Waals surface area contributed by atoms with Crippen molar-refractivity contribution in [1.29, 1.82) is 0 Å². The van der Waals surface area contributed by atoms with E-state index < -0.39 is 0 Å². The molecule has 1 atom stereocenters. The number of nitrogens with zero attached hydrogens (tertiary/aromatic N) is 1. The molecule has 1 fully saturated rings. The first-order chi connectivity index (χ1) is 9.67. The first kappa shape index (κ1) is 14.9. The summed E-state index contributed by atoms with van der Waals surface area (Å²) < 4.78 is 14.3. The lowest BCUT2D eigenvalue weighted by atomic mass is 10.0. The number of terminal acetylenes is 1. The lowest BCUT2D eigenvalue weighted by Crippen LogP contribution is -2.29. The summed E-state index contributed by atoms with van der Waals surface area (Å²) in [4.78, 5) is 2.14. The second-order valence-electron chi connectivity index (χ2n) is 5.48. The zero-order valence-corrected chi connectivity index (χ0v) is 12.3. The fourth-order valence-corrected chi connectivity index (χ4v) is 2.61. The van der Waals surface area contributed by atoms with E-state index in [0.29, 0.717) is 12.5 Å². The van der Waals surface area contributed by atoms with Gasteiger partial charge in [-0.25, -0.2) is 4.39 Å². The fraction of sp³-hybridized carbons (Fsp3) is 0.529. The Morgan fingerprint density at radius 1 is 1.50 bits per heavy atom. The minimum absolute atomic E-state index is 0.0179. The molecule has 0 saturated heterocycles. The second-order valence-corrected chi connectivity index (χ2v) is 5.48. The molecule has 1 N–H and O–H groups in total. The predicted octanol–water partition coefficient (Wildman–Crippen LogP) is 3.35. The van der Waals surface area contributed by atoms with Crippen molar-refractivity contribution in [3.63, 3.8) is 0 Å². The molecule has 3 heteroatoms. The molecule has 0 aromatic heterocycles. The summed E-state index contributed by atoms with van der Waals surface area (Å²) in [6.07, 6.45) is 8.00. The highest BCUT2D eigenvalue weighted by atomic mass is 19.1. The predicted molar refractivity (Wildman–Crippen MR) is 82.3 cm³/mol. The Bertz CT molecular complexity index is 488. The number of benzene rings is 1. The van der Waals surface area contributed by atoms with E-state index >= 15 is 0 Å². The van der Waals surface area contributed by atoms with Crippen molar-refractivity contribution >= 4 is 5.69 Å². The molecular weight excluding hydrogens is 251 g/mol. The van der Waals surface area contributed by atoms with Crippen molar-refractivity contribution < 1.29 is 4.39 Å². The van der Waals surface area contributed by atoms with Crippen LogP contribution in [0.5, 0.6) is 0 Å². The van der Waals surface area contributed by atoms with Gasteiger partial charge in [0.25, 0.3) is 0 Å². The third-order valence-corrected chi connectivity index (χ3v) is 3.77. The normalized spacial score (nSPS) is 15.7. The van der Waals surface area contributed by atoms with Gasteiger partial charge in [0, 0.05) is 23.8 Å². The van der Waals surface area contributed by atoms with E-state index in [1.54, 1.807) is 6.07 Å². The van der Waals surface area contributed by atoms with Crippen LogP contribution in [0.2, 0.25) is 0 Å². The maximum atomic E-state index is 14.3. The van der Waals surface area contributed by atoms with Crippen molar-refractivity contribution in [2.75, 3.05) is 24.5 Å². The molecule has 1 aromatic carbocycles. The smallest absolute Gasteiger partial charge is 0.130 e.